The lowest BCUT2D eigenvalue weighted by Gasteiger charge is -2.11. The van der Waals surface area contributed by atoms with Crippen molar-refractivity contribution in [2.24, 2.45) is 0 Å². The van der Waals surface area contributed by atoms with E-state index in [9.17, 15) is 5.26 Å². The summed E-state index contributed by atoms with van der Waals surface area (Å²) < 4.78 is 5.48. The molecule has 0 aliphatic carbocycles. The molecule has 1 unspecified atom stereocenters. The van der Waals surface area contributed by atoms with Crippen LogP contribution in [0.25, 0.3) is 0 Å². The zero-order valence-electron chi connectivity index (χ0n) is 12.3. The molecule has 0 spiro atoms. The predicted octanol–water partition coefficient (Wildman–Crippen LogP) is 3.48. The SMILES string of the molecule is CCOc1cccc(CNCC(C#N)c2ccccc2)c1. The van der Waals surface area contributed by atoms with Gasteiger partial charge in [-0.25, -0.2) is 0 Å². The summed E-state index contributed by atoms with van der Waals surface area (Å²) in [4.78, 5) is 0. The topological polar surface area (TPSA) is 45.0 Å². The van der Waals surface area contributed by atoms with Gasteiger partial charge in [-0.3, -0.25) is 0 Å². The van der Waals surface area contributed by atoms with Gasteiger partial charge in [-0.2, -0.15) is 5.26 Å². The van der Waals surface area contributed by atoms with Crippen molar-refractivity contribution in [2.75, 3.05) is 13.2 Å². The smallest absolute Gasteiger partial charge is 0.119 e. The lowest BCUT2D eigenvalue weighted by molar-refractivity contribution is 0.340. The van der Waals surface area contributed by atoms with E-state index in [4.69, 9.17) is 4.74 Å². The van der Waals surface area contributed by atoms with Crippen molar-refractivity contribution in [3.63, 3.8) is 0 Å². The van der Waals surface area contributed by atoms with Crippen LogP contribution in [0.2, 0.25) is 0 Å². The maximum Gasteiger partial charge on any atom is 0.119 e. The van der Waals surface area contributed by atoms with E-state index in [0.29, 0.717) is 13.2 Å². The van der Waals surface area contributed by atoms with Gasteiger partial charge in [0.05, 0.1) is 18.6 Å². The second-order valence-electron chi connectivity index (χ2n) is 4.80. The quantitative estimate of drug-likeness (QED) is 0.844. The van der Waals surface area contributed by atoms with Crippen LogP contribution in [0.3, 0.4) is 0 Å². The van der Waals surface area contributed by atoms with E-state index in [1.807, 2.05) is 55.5 Å². The van der Waals surface area contributed by atoms with Crippen molar-refractivity contribution < 1.29 is 4.74 Å². The Hall–Kier alpha value is -2.31. The molecule has 0 fully saturated rings. The molecular formula is C18H20N2O. The molecule has 3 heteroatoms. The Balaban J connectivity index is 1.89. The highest BCUT2D eigenvalue weighted by atomic mass is 16.5. The minimum Gasteiger partial charge on any atom is -0.494 e. The second kappa shape index (κ2) is 8.08. The lowest BCUT2D eigenvalue weighted by atomic mass is 10.0. The van der Waals surface area contributed by atoms with Gasteiger partial charge in [0, 0.05) is 13.1 Å². The Bertz CT molecular complexity index is 590. The Morgan fingerprint density at radius 3 is 2.67 bits per heavy atom. The first-order chi connectivity index (χ1) is 10.3. The fourth-order valence-electron chi connectivity index (χ4n) is 2.20. The number of nitriles is 1. The summed E-state index contributed by atoms with van der Waals surface area (Å²) in [6, 6.07) is 20.2. The number of nitrogens with zero attached hydrogens (tertiary/aromatic N) is 1. The van der Waals surface area contributed by atoms with Crippen LogP contribution >= 0.6 is 0 Å². The highest BCUT2D eigenvalue weighted by Gasteiger charge is 2.09. The Morgan fingerprint density at radius 2 is 1.95 bits per heavy atom. The first-order valence-electron chi connectivity index (χ1n) is 7.20. The number of hydrogen-bond donors (Lipinski definition) is 1. The third kappa shape index (κ3) is 4.62. The van der Waals surface area contributed by atoms with E-state index >= 15 is 0 Å². The van der Waals surface area contributed by atoms with Crippen molar-refractivity contribution in [2.45, 2.75) is 19.4 Å². The standard InChI is InChI=1S/C18H20N2O/c1-2-21-18-10-6-7-15(11-18)13-20-14-17(12-19)16-8-4-3-5-9-16/h3-11,17,20H,2,13-14H2,1H3. The first kappa shape index (κ1) is 15.1. The van der Waals surface area contributed by atoms with E-state index in [1.54, 1.807) is 0 Å². The van der Waals surface area contributed by atoms with E-state index in [2.05, 4.69) is 17.5 Å². The molecule has 2 aromatic rings. The zero-order chi connectivity index (χ0) is 14.9. The number of rotatable bonds is 7. The fraction of sp³-hybridized carbons (Fsp3) is 0.278. The number of nitrogens with one attached hydrogen (secondary N) is 1. The molecule has 0 saturated heterocycles. The summed E-state index contributed by atoms with van der Waals surface area (Å²) in [5.74, 6) is 0.762. The normalized spacial score (nSPS) is 11.6. The fourth-order valence-corrected chi connectivity index (χ4v) is 2.20. The molecule has 1 atom stereocenters. The van der Waals surface area contributed by atoms with Crippen LogP contribution < -0.4 is 10.1 Å². The Labute approximate surface area is 126 Å². The lowest BCUT2D eigenvalue weighted by Crippen LogP contribution is -2.20. The molecule has 2 aromatic carbocycles. The van der Waals surface area contributed by atoms with Crippen molar-refractivity contribution >= 4 is 0 Å². The summed E-state index contributed by atoms with van der Waals surface area (Å²) in [5.41, 5.74) is 2.21. The maximum absolute atomic E-state index is 9.28. The van der Waals surface area contributed by atoms with Crippen LogP contribution in [0.1, 0.15) is 24.0 Å². The highest BCUT2D eigenvalue weighted by molar-refractivity contribution is 5.29. The average molecular weight is 280 g/mol. The molecule has 0 amide bonds. The maximum atomic E-state index is 9.28. The van der Waals surface area contributed by atoms with Crippen LogP contribution in [0.5, 0.6) is 5.75 Å². The molecule has 0 aromatic heterocycles. The minimum atomic E-state index is -0.124. The number of benzene rings is 2. The van der Waals surface area contributed by atoms with Gasteiger partial charge in [-0.15, -0.1) is 0 Å². The van der Waals surface area contributed by atoms with E-state index in [-0.39, 0.29) is 5.92 Å². The van der Waals surface area contributed by atoms with Crippen LogP contribution in [-0.4, -0.2) is 13.2 Å². The summed E-state index contributed by atoms with van der Waals surface area (Å²) >= 11 is 0. The molecule has 0 heterocycles. The van der Waals surface area contributed by atoms with Crippen LogP contribution in [0.15, 0.2) is 54.6 Å². The van der Waals surface area contributed by atoms with Crippen LogP contribution in [0.4, 0.5) is 0 Å². The van der Waals surface area contributed by atoms with Gasteiger partial charge < -0.3 is 10.1 Å². The molecule has 108 valence electrons. The second-order valence-corrected chi connectivity index (χ2v) is 4.80. The Kier molecular flexibility index (Phi) is 5.81. The number of hydrogen-bond acceptors (Lipinski definition) is 3. The Morgan fingerprint density at radius 1 is 1.14 bits per heavy atom. The minimum absolute atomic E-state index is 0.124. The monoisotopic (exact) mass is 280 g/mol. The van der Waals surface area contributed by atoms with Crippen LogP contribution in [-0.2, 0) is 6.54 Å². The van der Waals surface area contributed by atoms with Gasteiger partial charge in [0.2, 0.25) is 0 Å². The van der Waals surface area contributed by atoms with Gasteiger partial charge in [0.25, 0.3) is 0 Å². The predicted molar refractivity (Wildman–Crippen MR) is 84.1 cm³/mol. The van der Waals surface area contributed by atoms with Gasteiger partial charge in [0.15, 0.2) is 0 Å². The zero-order valence-corrected chi connectivity index (χ0v) is 12.3. The van der Waals surface area contributed by atoms with Gasteiger partial charge in [-0.1, -0.05) is 42.5 Å². The van der Waals surface area contributed by atoms with E-state index < -0.39 is 0 Å². The first-order valence-corrected chi connectivity index (χ1v) is 7.20. The third-order valence-corrected chi connectivity index (χ3v) is 3.24. The van der Waals surface area contributed by atoms with Crippen molar-refractivity contribution in [3.8, 4) is 11.8 Å². The van der Waals surface area contributed by atoms with Crippen LogP contribution in [0, 0.1) is 11.3 Å². The molecule has 1 N–H and O–H groups in total. The molecule has 0 aliphatic rings. The highest BCUT2D eigenvalue weighted by Crippen LogP contribution is 2.15. The largest absolute Gasteiger partial charge is 0.494 e. The summed E-state index contributed by atoms with van der Waals surface area (Å²) in [6.07, 6.45) is 0. The van der Waals surface area contributed by atoms with Crippen molar-refractivity contribution in [1.82, 2.24) is 5.32 Å². The summed E-state index contributed by atoms with van der Waals surface area (Å²) in [5, 5.41) is 12.6. The van der Waals surface area contributed by atoms with E-state index in [0.717, 1.165) is 23.4 Å². The molecule has 21 heavy (non-hydrogen) atoms. The molecule has 2 rings (SSSR count). The van der Waals surface area contributed by atoms with E-state index in [1.165, 1.54) is 0 Å². The summed E-state index contributed by atoms with van der Waals surface area (Å²) in [7, 11) is 0. The molecule has 0 saturated carbocycles. The van der Waals surface area contributed by atoms with Crippen molar-refractivity contribution in [1.29, 1.82) is 5.26 Å². The van der Waals surface area contributed by atoms with Crippen molar-refractivity contribution in [3.05, 3.63) is 65.7 Å². The average Bonchev–Trinajstić information content (AvgIpc) is 2.53. The molecule has 0 bridgehead atoms. The van der Waals surface area contributed by atoms with Gasteiger partial charge in [-0.05, 0) is 30.2 Å². The van der Waals surface area contributed by atoms with Gasteiger partial charge in [0.1, 0.15) is 5.75 Å². The number of ether oxygens (including phenoxy) is 1. The third-order valence-electron chi connectivity index (χ3n) is 3.24. The molecule has 3 nitrogen and oxygen atoms in total. The molecular weight excluding hydrogens is 260 g/mol. The van der Waals surface area contributed by atoms with Gasteiger partial charge >= 0.3 is 0 Å². The summed E-state index contributed by atoms with van der Waals surface area (Å²) in [6.45, 7) is 4.01. The molecule has 0 radical (unpaired) electrons. The molecule has 0 aliphatic heterocycles.